The van der Waals surface area contributed by atoms with E-state index < -0.39 is 0 Å². The van der Waals surface area contributed by atoms with Gasteiger partial charge in [-0.3, -0.25) is 4.90 Å². The smallest absolute Gasteiger partial charge is 0.0602 e. The Morgan fingerprint density at radius 3 is 2.33 bits per heavy atom. The SMILES string of the molecule is CCCC(N)C(CO)N(CC(C)C)C1CCCC1. The molecule has 0 amide bonds. The van der Waals surface area contributed by atoms with E-state index in [1.165, 1.54) is 25.7 Å². The highest BCUT2D eigenvalue weighted by Crippen LogP contribution is 2.27. The zero-order chi connectivity index (χ0) is 13.5. The Balaban J connectivity index is 2.70. The lowest BCUT2D eigenvalue weighted by molar-refractivity contribution is 0.0561. The van der Waals surface area contributed by atoms with Crippen molar-refractivity contribution in [3.63, 3.8) is 0 Å². The van der Waals surface area contributed by atoms with Gasteiger partial charge in [0.15, 0.2) is 0 Å². The van der Waals surface area contributed by atoms with Crippen LogP contribution < -0.4 is 5.73 Å². The summed E-state index contributed by atoms with van der Waals surface area (Å²) in [6.07, 6.45) is 7.33. The average Bonchev–Trinajstić information content (AvgIpc) is 2.81. The van der Waals surface area contributed by atoms with Crippen molar-refractivity contribution in [3.05, 3.63) is 0 Å². The molecule has 1 aliphatic rings. The molecule has 3 nitrogen and oxygen atoms in total. The summed E-state index contributed by atoms with van der Waals surface area (Å²) >= 11 is 0. The first-order valence-corrected chi connectivity index (χ1v) is 7.72. The molecular formula is C15H32N2O. The van der Waals surface area contributed by atoms with Crippen LogP contribution in [0.5, 0.6) is 0 Å². The van der Waals surface area contributed by atoms with E-state index in [1.807, 2.05) is 0 Å². The normalized spacial score (nSPS) is 20.8. The first kappa shape index (κ1) is 15.9. The number of aliphatic hydroxyl groups excluding tert-OH is 1. The molecule has 2 unspecified atom stereocenters. The van der Waals surface area contributed by atoms with Crippen LogP contribution in [0, 0.1) is 5.92 Å². The quantitative estimate of drug-likeness (QED) is 0.701. The monoisotopic (exact) mass is 256 g/mol. The summed E-state index contributed by atoms with van der Waals surface area (Å²) in [6.45, 7) is 7.93. The van der Waals surface area contributed by atoms with E-state index in [4.69, 9.17) is 5.73 Å². The number of hydrogen-bond donors (Lipinski definition) is 2. The maximum atomic E-state index is 9.75. The van der Waals surface area contributed by atoms with Gasteiger partial charge in [0.25, 0.3) is 0 Å². The number of nitrogens with zero attached hydrogens (tertiary/aromatic N) is 1. The third kappa shape index (κ3) is 4.52. The Kier molecular flexibility index (Phi) is 7.20. The molecular weight excluding hydrogens is 224 g/mol. The molecule has 0 bridgehead atoms. The largest absolute Gasteiger partial charge is 0.395 e. The Morgan fingerprint density at radius 1 is 1.28 bits per heavy atom. The molecule has 18 heavy (non-hydrogen) atoms. The lowest BCUT2D eigenvalue weighted by Gasteiger charge is -2.39. The zero-order valence-electron chi connectivity index (χ0n) is 12.4. The number of rotatable bonds is 8. The Morgan fingerprint density at radius 2 is 1.89 bits per heavy atom. The molecule has 1 saturated carbocycles. The molecule has 3 N–H and O–H groups in total. The highest BCUT2D eigenvalue weighted by molar-refractivity contribution is 4.88. The molecule has 3 heteroatoms. The van der Waals surface area contributed by atoms with Crippen LogP contribution in [0.15, 0.2) is 0 Å². The Labute approximate surface area is 113 Å². The van der Waals surface area contributed by atoms with E-state index in [9.17, 15) is 5.11 Å². The van der Waals surface area contributed by atoms with E-state index >= 15 is 0 Å². The van der Waals surface area contributed by atoms with Gasteiger partial charge in [-0.15, -0.1) is 0 Å². The van der Waals surface area contributed by atoms with Gasteiger partial charge in [0.2, 0.25) is 0 Å². The van der Waals surface area contributed by atoms with Crippen molar-refractivity contribution >= 4 is 0 Å². The second-order valence-electron chi connectivity index (χ2n) is 6.23. The van der Waals surface area contributed by atoms with E-state index in [0.717, 1.165) is 19.4 Å². The van der Waals surface area contributed by atoms with E-state index in [0.29, 0.717) is 12.0 Å². The first-order valence-electron chi connectivity index (χ1n) is 7.72. The summed E-state index contributed by atoms with van der Waals surface area (Å²) in [5.74, 6) is 0.633. The maximum absolute atomic E-state index is 9.75. The molecule has 0 saturated heterocycles. The predicted octanol–water partition coefficient (Wildman–Crippen LogP) is 2.38. The summed E-state index contributed by atoms with van der Waals surface area (Å²) in [5.41, 5.74) is 6.28. The predicted molar refractivity (Wildman–Crippen MR) is 77.6 cm³/mol. The standard InChI is InChI=1S/C15H32N2O/c1-4-7-14(16)15(11-18)17(10-12(2)3)13-8-5-6-9-13/h12-15,18H,4-11,16H2,1-3H3. The lowest BCUT2D eigenvalue weighted by Crippen LogP contribution is -2.54. The summed E-state index contributed by atoms with van der Waals surface area (Å²) in [6, 6.07) is 0.905. The molecule has 2 atom stereocenters. The van der Waals surface area contributed by atoms with Crippen molar-refractivity contribution in [2.75, 3.05) is 13.2 Å². The molecule has 0 radical (unpaired) electrons. The topological polar surface area (TPSA) is 49.5 Å². The van der Waals surface area contributed by atoms with Gasteiger partial charge in [-0.2, -0.15) is 0 Å². The lowest BCUT2D eigenvalue weighted by atomic mass is 9.99. The summed E-state index contributed by atoms with van der Waals surface area (Å²) in [7, 11) is 0. The fourth-order valence-corrected chi connectivity index (χ4v) is 3.22. The minimum atomic E-state index is 0.111. The highest BCUT2D eigenvalue weighted by Gasteiger charge is 2.31. The minimum Gasteiger partial charge on any atom is -0.395 e. The molecule has 1 rings (SSSR count). The molecule has 0 aromatic rings. The second-order valence-corrected chi connectivity index (χ2v) is 6.23. The van der Waals surface area contributed by atoms with Gasteiger partial charge in [-0.25, -0.2) is 0 Å². The molecule has 108 valence electrons. The fraction of sp³-hybridized carbons (Fsp3) is 1.00. The van der Waals surface area contributed by atoms with Crippen LogP contribution in [-0.2, 0) is 0 Å². The molecule has 0 aromatic carbocycles. The molecule has 1 aliphatic carbocycles. The van der Waals surface area contributed by atoms with E-state index in [2.05, 4.69) is 25.7 Å². The average molecular weight is 256 g/mol. The van der Waals surface area contributed by atoms with Crippen LogP contribution in [0.1, 0.15) is 59.3 Å². The van der Waals surface area contributed by atoms with Gasteiger partial charge in [-0.05, 0) is 25.2 Å². The molecule has 1 fully saturated rings. The number of hydrogen-bond acceptors (Lipinski definition) is 3. The zero-order valence-corrected chi connectivity index (χ0v) is 12.4. The van der Waals surface area contributed by atoms with Gasteiger partial charge >= 0.3 is 0 Å². The van der Waals surface area contributed by atoms with Crippen molar-refractivity contribution < 1.29 is 5.11 Å². The number of aliphatic hydroxyl groups is 1. The van der Waals surface area contributed by atoms with Gasteiger partial charge in [0, 0.05) is 24.7 Å². The van der Waals surface area contributed by atoms with Crippen LogP contribution in [-0.4, -0.2) is 41.3 Å². The third-order valence-electron chi connectivity index (χ3n) is 4.10. The van der Waals surface area contributed by atoms with Gasteiger partial charge in [-0.1, -0.05) is 40.0 Å². The van der Waals surface area contributed by atoms with E-state index in [-0.39, 0.29) is 18.7 Å². The number of nitrogens with two attached hydrogens (primary N) is 1. The van der Waals surface area contributed by atoms with Gasteiger partial charge < -0.3 is 10.8 Å². The Bertz CT molecular complexity index is 215. The van der Waals surface area contributed by atoms with Crippen molar-refractivity contribution in [2.45, 2.75) is 77.4 Å². The van der Waals surface area contributed by atoms with Crippen molar-refractivity contribution in [1.29, 1.82) is 0 Å². The second kappa shape index (κ2) is 8.13. The molecule has 0 aliphatic heterocycles. The van der Waals surface area contributed by atoms with Gasteiger partial charge in [0.1, 0.15) is 0 Å². The van der Waals surface area contributed by atoms with E-state index in [1.54, 1.807) is 0 Å². The molecule has 0 aromatic heterocycles. The maximum Gasteiger partial charge on any atom is 0.0602 e. The molecule has 0 heterocycles. The van der Waals surface area contributed by atoms with Crippen molar-refractivity contribution in [3.8, 4) is 0 Å². The summed E-state index contributed by atoms with van der Waals surface area (Å²) < 4.78 is 0. The van der Waals surface area contributed by atoms with Crippen LogP contribution in [0.25, 0.3) is 0 Å². The van der Waals surface area contributed by atoms with Crippen molar-refractivity contribution in [1.82, 2.24) is 4.90 Å². The van der Waals surface area contributed by atoms with Crippen LogP contribution in [0.3, 0.4) is 0 Å². The van der Waals surface area contributed by atoms with Gasteiger partial charge in [0.05, 0.1) is 6.61 Å². The van der Waals surface area contributed by atoms with Crippen molar-refractivity contribution in [2.24, 2.45) is 11.7 Å². The fourth-order valence-electron chi connectivity index (χ4n) is 3.22. The van der Waals surface area contributed by atoms with Crippen LogP contribution >= 0.6 is 0 Å². The summed E-state index contributed by atoms with van der Waals surface area (Å²) in [4.78, 5) is 2.51. The Hall–Kier alpha value is -0.120. The third-order valence-corrected chi connectivity index (χ3v) is 4.10. The summed E-state index contributed by atoms with van der Waals surface area (Å²) in [5, 5.41) is 9.75. The van der Waals surface area contributed by atoms with Crippen LogP contribution in [0.4, 0.5) is 0 Å². The first-order chi connectivity index (χ1) is 8.60. The highest BCUT2D eigenvalue weighted by atomic mass is 16.3. The van der Waals surface area contributed by atoms with Crippen LogP contribution in [0.2, 0.25) is 0 Å². The minimum absolute atomic E-state index is 0.111. The molecule has 0 spiro atoms.